The molecule has 0 saturated carbocycles. The zero-order valence-electron chi connectivity index (χ0n) is 8.75. The van der Waals surface area contributed by atoms with Gasteiger partial charge in [-0.25, -0.2) is 13.2 Å². The number of rotatable bonds is 4. The summed E-state index contributed by atoms with van der Waals surface area (Å²) < 4.78 is 39.6. The second-order valence-electron chi connectivity index (χ2n) is 3.82. The molecule has 1 aromatic carbocycles. The highest BCUT2D eigenvalue weighted by atomic mass is 19.3. The predicted molar refractivity (Wildman–Crippen MR) is 54.5 cm³/mol. The smallest absolute Gasteiger partial charge is 0.283 e. The van der Waals surface area contributed by atoms with Crippen LogP contribution >= 0.6 is 0 Å². The molecule has 0 fully saturated rings. The van der Waals surface area contributed by atoms with Crippen LogP contribution in [-0.4, -0.2) is 16.6 Å². The number of aliphatic hydroxyl groups is 1. The van der Waals surface area contributed by atoms with Crippen molar-refractivity contribution in [2.24, 2.45) is 0 Å². The number of hydrogen-bond donors (Lipinski definition) is 1. The molecule has 0 aliphatic rings. The van der Waals surface area contributed by atoms with Gasteiger partial charge >= 0.3 is 0 Å². The summed E-state index contributed by atoms with van der Waals surface area (Å²) in [5, 5.41) is 9.36. The molecule has 0 heterocycles. The summed E-state index contributed by atoms with van der Waals surface area (Å²) in [4.78, 5) is 0. The van der Waals surface area contributed by atoms with Gasteiger partial charge in [-0.15, -0.1) is 0 Å². The van der Waals surface area contributed by atoms with E-state index in [0.29, 0.717) is 6.08 Å². The molecule has 1 nitrogen and oxygen atoms in total. The highest BCUT2D eigenvalue weighted by Crippen LogP contribution is 2.32. The van der Waals surface area contributed by atoms with Gasteiger partial charge in [-0.1, -0.05) is 18.7 Å². The van der Waals surface area contributed by atoms with Crippen LogP contribution in [0.3, 0.4) is 0 Å². The highest BCUT2D eigenvalue weighted by molar-refractivity contribution is 5.19. The molecule has 1 N–H and O–H groups in total. The van der Waals surface area contributed by atoms with Crippen molar-refractivity contribution in [3.63, 3.8) is 0 Å². The number of halogens is 3. The molecule has 87 valence electrons. The van der Waals surface area contributed by atoms with Crippen molar-refractivity contribution in [2.45, 2.75) is 24.9 Å². The van der Waals surface area contributed by atoms with E-state index in [1.165, 1.54) is 12.1 Å². The van der Waals surface area contributed by atoms with Crippen LogP contribution in [0.5, 0.6) is 0 Å². The molecular formula is C12H12F3O. The molecule has 1 aromatic rings. The maximum atomic E-state index is 13.5. The topological polar surface area (TPSA) is 20.2 Å². The number of alkyl halides is 2. The first-order valence-electron chi connectivity index (χ1n) is 4.69. The summed E-state index contributed by atoms with van der Waals surface area (Å²) in [7, 11) is 0. The minimum absolute atomic E-state index is 0.230. The number of hydrogen-bond acceptors (Lipinski definition) is 1. The Labute approximate surface area is 92.2 Å². The summed E-state index contributed by atoms with van der Waals surface area (Å²) in [6.45, 7) is 5.88. The molecule has 1 atom stereocenters. The normalized spacial score (nSPS) is 15.6. The molecule has 16 heavy (non-hydrogen) atoms. The SMILES string of the molecule is [CH]=CC(C)(O)C(F)(F)Cc1ccc(F)cc1. The molecule has 1 radical (unpaired) electrons. The van der Waals surface area contributed by atoms with E-state index in [9.17, 15) is 18.3 Å². The zero-order chi connectivity index (χ0) is 12.4. The maximum absolute atomic E-state index is 13.5. The molecule has 0 saturated heterocycles. The van der Waals surface area contributed by atoms with E-state index < -0.39 is 23.8 Å². The van der Waals surface area contributed by atoms with Crippen molar-refractivity contribution in [2.75, 3.05) is 0 Å². The second-order valence-corrected chi connectivity index (χ2v) is 3.82. The fourth-order valence-corrected chi connectivity index (χ4v) is 1.16. The second kappa shape index (κ2) is 4.29. The summed E-state index contributed by atoms with van der Waals surface area (Å²) in [5.74, 6) is -3.90. The minimum atomic E-state index is -3.40. The Bertz CT molecular complexity index is 368. The van der Waals surface area contributed by atoms with E-state index in [-0.39, 0.29) is 5.56 Å². The van der Waals surface area contributed by atoms with Gasteiger partial charge < -0.3 is 5.11 Å². The van der Waals surface area contributed by atoms with Gasteiger partial charge in [0, 0.05) is 6.42 Å². The molecule has 0 aromatic heterocycles. The van der Waals surface area contributed by atoms with Gasteiger partial charge in [0.1, 0.15) is 11.4 Å². The van der Waals surface area contributed by atoms with Gasteiger partial charge in [0.25, 0.3) is 5.92 Å². The van der Waals surface area contributed by atoms with Crippen LogP contribution in [-0.2, 0) is 6.42 Å². The van der Waals surface area contributed by atoms with Gasteiger partial charge in [-0.3, -0.25) is 0 Å². The van der Waals surface area contributed by atoms with Crippen molar-refractivity contribution in [3.05, 3.63) is 48.3 Å². The lowest BCUT2D eigenvalue weighted by Crippen LogP contribution is -2.45. The molecule has 0 aliphatic heterocycles. The first kappa shape index (κ1) is 12.8. The molecule has 4 heteroatoms. The third kappa shape index (κ3) is 2.64. The van der Waals surface area contributed by atoms with Crippen LogP contribution in [0.4, 0.5) is 13.2 Å². The van der Waals surface area contributed by atoms with Crippen LogP contribution in [0.1, 0.15) is 12.5 Å². The third-order valence-corrected chi connectivity index (χ3v) is 2.40. The lowest BCUT2D eigenvalue weighted by molar-refractivity contribution is -0.143. The van der Waals surface area contributed by atoms with Gasteiger partial charge in [-0.2, -0.15) is 0 Å². The first-order chi connectivity index (χ1) is 7.28. The standard InChI is InChI=1S/C12H12F3O/c1-3-11(2,16)12(14,15)8-9-4-6-10(13)7-5-9/h1,3-7,16H,8H2,2H3. The monoisotopic (exact) mass is 229 g/mol. The van der Waals surface area contributed by atoms with Crippen LogP contribution in [0.15, 0.2) is 30.3 Å². The molecule has 0 amide bonds. The van der Waals surface area contributed by atoms with E-state index in [2.05, 4.69) is 0 Å². The van der Waals surface area contributed by atoms with E-state index in [1.54, 1.807) is 0 Å². The van der Waals surface area contributed by atoms with E-state index >= 15 is 0 Å². The van der Waals surface area contributed by atoms with E-state index in [0.717, 1.165) is 19.1 Å². The Morgan fingerprint density at radius 3 is 2.25 bits per heavy atom. The van der Waals surface area contributed by atoms with E-state index in [4.69, 9.17) is 6.58 Å². The molecule has 1 rings (SSSR count). The average molecular weight is 229 g/mol. The third-order valence-electron chi connectivity index (χ3n) is 2.40. The fraction of sp³-hybridized carbons (Fsp3) is 0.333. The molecular weight excluding hydrogens is 217 g/mol. The van der Waals surface area contributed by atoms with Gasteiger partial charge in [0.2, 0.25) is 0 Å². The minimum Gasteiger partial charge on any atom is -0.380 e. The van der Waals surface area contributed by atoms with E-state index in [1.807, 2.05) is 0 Å². The van der Waals surface area contributed by atoms with Gasteiger partial charge in [-0.05, 0) is 30.7 Å². The number of benzene rings is 1. The summed E-state index contributed by atoms with van der Waals surface area (Å²) in [5.41, 5.74) is -2.16. The van der Waals surface area contributed by atoms with Crippen molar-refractivity contribution < 1.29 is 18.3 Å². The summed E-state index contributed by atoms with van der Waals surface area (Å²) in [6, 6.07) is 4.67. The molecule has 0 bridgehead atoms. The highest BCUT2D eigenvalue weighted by Gasteiger charge is 2.46. The Morgan fingerprint density at radius 2 is 1.81 bits per heavy atom. The average Bonchev–Trinajstić information content (AvgIpc) is 2.21. The Kier molecular flexibility index (Phi) is 3.43. The largest absolute Gasteiger partial charge is 0.380 e. The van der Waals surface area contributed by atoms with Crippen molar-refractivity contribution in [3.8, 4) is 0 Å². The lowest BCUT2D eigenvalue weighted by atomic mass is 9.92. The van der Waals surface area contributed by atoms with Crippen molar-refractivity contribution >= 4 is 0 Å². The van der Waals surface area contributed by atoms with Crippen LogP contribution in [0, 0.1) is 12.4 Å². The van der Waals surface area contributed by atoms with Gasteiger partial charge in [0.15, 0.2) is 0 Å². The molecule has 1 unspecified atom stereocenters. The Balaban J connectivity index is 2.88. The van der Waals surface area contributed by atoms with Gasteiger partial charge in [0.05, 0.1) is 0 Å². The van der Waals surface area contributed by atoms with Crippen molar-refractivity contribution in [1.82, 2.24) is 0 Å². The summed E-state index contributed by atoms with van der Waals surface area (Å²) in [6.07, 6.45) is -0.148. The van der Waals surface area contributed by atoms with Crippen LogP contribution < -0.4 is 0 Å². The Morgan fingerprint density at radius 1 is 1.31 bits per heavy atom. The van der Waals surface area contributed by atoms with Crippen LogP contribution in [0.25, 0.3) is 0 Å². The fourth-order valence-electron chi connectivity index (χ4n) is 1.16. The quantitative estimate of drug-likeness (QED) is 0.841. The first-order valence-corrected chi connectivity index (χ1v) is 4.69. The zero-order valence-corrected chi connectivity index (χ0v) is 8.75. The lowest BCUT2D eigenvalue weighted by Gasteiger charge is -2.29. The Hall–Kier alpha value is -1.29. The molecule has 0 spiro atoms. The molecule has 0 aliphatic carbocycles. The van der Waals surface area contributed by atoms with Crippen LogP contribution in [0.2, 0.25) is 0 Å². The summed E-state index contributed by atoms with van der Waals surface area (Å²) >= 11 is 0. The van der Waals surface area contributed by atoms with Crippen molar-refractivity contribution in [1.29, 1.82) is 0 Å². The maximum Gasteiger partial charge on any atom is 0.283 e. The predicted octanol–water partition coefficient (Wildman–Crippen LogP) is 2.74.